The van der Waals surface area contributed by atoms with Crippen LogP contribution in [-0.4, -0.2) is 19.6 Å². The van der Waals surface area contributed by atoms with Crippen molar-refractivity contribution >= 4 is 5.97 Å². The number of carbonyl (C=O) groups excluding carboxylic acids is 1. The van der Waals surface area contributed by atoms with Gasteiger partial charge in [-0.3, -0.25) is 4.79 Å². The summed E-state index contributed by atoms with van der Waals surface area (Å²) in [5.41, 5.74) is 1.02. The fourth-order valence-electron chi connectivity index (χ4n) is 1.17. The minimum atomic E-state index is -0.120. The van der Waals surface area contributed by atoms with Crippen LogP contribution >= 0.6 is 0 Å². The van der Waals surface area contributed by atoms with Gasteiger partial charge in [-0.1, -0.05) is 6.58 Å². The normalized spacial score (nSPS) is 24.1. The molecule has 0 aromatic carbocycles. The van der Waals surface area contributed by atoms with Crippen molar-refractivity contribution in [2.24, 2.45) is 5.92 Å². The van der Waals surface area contributed by atoms with E-state index in [4.69, 9.17) is 0 Å². The molecule has 0 spiro atoms. The number of rotatable bonds is 1. The van der Waals surface area contributed by atoms with E-state index in [1.54, 1.807) is 0 Å². The molecule has 1 fully saturated rings. The van der Waals surface area contributed by atoms with Gasteiger partial charge in [-0.2, -0.15) is 0 Å². The predicted molar refractivity (Wildman–Crippen MR) is 41.9 cm³/mol. The number of ether oxygens (including phenoxy) is 1. The van der Waals surface area contributed by atoms with Crippen molar-refractivity contribution in [3.63, 3.8) is 0 Å². The summed E-state index contributed by atoms with van der Waals surface area (Å²) in [6.45, 7) is 4.44. The van der Waals surface area contributed by atoms with Crippen LogP contribution in [0.25, 0.3) is 0 Å². The quantitative estimate of drug-likeness (QED) is 0.566. The van der Waals surface area contributed by atoms with Crippen molar-refractivity contribution in [2.45, 2.75) is 12.8 Å². The maximum atomic E-state index is 11.0. The summed E-state index contributed by atoms with van der Waals surface area (Å²) in [5, 5.41) is 3.05. The monoisotopic (exact) mass is 155 g/mol. The molecule has 0 radical (unpaired) electrons. The molecule has 0 unspecified atom stereocenters. The number of hydrogen-bond donors (Lipinski definition) is 1. The Morgan fingerprint density at radius 2 is 2.55 bits per heavy atom. The second kappa shape index (κ2) is 3.42. The largest absolute Gasteiger partial charge is 0.469 e. The van der Waals surface area contributed by atoms with Gasteiger partial charge in [0.25, 0.3) is 0 Å². The molecule has 1 saturated heterocycles. The van der Waals surface area contributed by atoms with Gasteiger partial charge < -0.3 is 10.1 Å². The van der Waals surface area contributed by atoms with Crippen molar-refractivity contribution in [1.29, 1.82) is 0 Å². The molecule has 1 N–H and O–H groups in total. The summed E-state index contributed by atoms with van der Waals surface area (Å²) in [6.07, 6.45) is 1.73. The molecule has 0 aromatic rings. The van der Waals surface area contributed by atoms with Gasteiger partial charge in [0.2, 0.25) is 0 Å². The topological polar surface area (TPSA) is 38.3 Å². The highest BCUT2D eigenvalue weighted by Gasteiger charge is 2.22. The zero-order valence-corrected chi connectivity index (χ0v) is 6.72. The zero-order chi connectivity index (χ0) is 8.27. The van der Waals surface area contributed by atoms with Crippen LogP contribution in [0, 0.1) is 5.92 Å². The fraction of sp³-hybridized carbons (Fsp3) is 0.625. The maximum Gasteiger partial charge on any atom is 0.310 e. The van der Waals surface area contributed by atoms with Crippen LogP contribution in [0.2, 0.25) is 0 Å². The Balaban J connectivity index is 2.39. The number of carbonyl (C=O) groups is 1. The highest BCUT2D eigenvalue weighted by atomic mass is 16.5. The number of piperidine rings is 1. The van der Waals surface area contributed by atoms with E-state index >= 15 is 0 Å². The number of allylic oxidation sites excluding steroid dienone is 1. The molecule has 0 saturated carbocycles. The molecule has 1 aliphatic heterocycles. The van der Waals surface area contributed by atoms with Gasteiger partial charge in [0, 0.05) is 12.2 Å². The minimum Gasteiger partial charge on any atom is -0.469 e. The van der Waals surface area contributed by atoms with Crippen LogP contribution in [-0.2, 0) is 9.53 Å². The van der Waals surface area contributed by atoms with Gasteiger partial charge in [0.1, 0.15) is 0 Å². The lowest BCUT2D eigenvalue weighted by Gasteiger charge is -2.22. The van der Waals surface area contributed by atoms with Gasteiger partial charge in [-0.05, 0) is 12.8 Å². The lowest BCUT2D eigenvalue weighted by Crippen LogP contribution is -2.33. The van der Waals surface area contributed by atoms with E-state index in [1.165, 1.54) is 7.11 Å². The number of hydrogen-bond acceptors (Lipinski definition) is 3. The Bertz CT molecular complexity index is 167. The molecule has 0 aromatic heterocycles. The molecule has 0 bridgehead atoms. The lowest BCUT2D eigenvalue weighted by molar-refractivity contribution is -0.145. The average Bonchev–Trinajstić information content (AvgIpc) is 2.05. The molecule has 1 atom stereocenters. The highest BCUT2D eigenvalue weighted by Crippen LogP contribution is 2.16. The van der Waals surface area contributed by atoms with E-state index in [9.17, 15) is 4.79 Å². The second-order valence-electron chi connectivity index (χ2n) is 2.74. The van der Waals surface area contributed by atoms with Crippen LogP contribution in [0.1, 0.15) is 12.8 Å². The minimum absolute atomic E-state index is 0.0190. The van der Waals surface area contributed by atoms with E-state index in [1.807, 2.05) is 0 Å². The molecular weight excluding hydrogens is 142 g/mol. The van der Waals surface area contributed by atoms with Crippen LogP contribution in [0.3, 0.4) is 0 Å². The first kappa shape index (κ1) is 8.11. The van der Waals surface area contributed by atoms with Crippen LogP contribution in [0.5, 0.6) is 0 Å². The number of nitrogens with one attached hydrogen (secondary N) is 1. The Labute approximate surface area is 66.4 Å². The molecule has 11 heavy (non-hydrogen) atoms. The van der Waals surface area contributed by atoms with Crippen molar-refractivity contribution < 1.29 is 9.53 Å². The van der Waals surface area contributed by atoms with Gasteiger partial charge in [0.15, 0.2) is 0 Å². The van der Waals surface area contributed by atoms with Gasteiger partial charge in [-0.25, -0.2) is 0 Å². The summed E-state index contributed by atoms with van der Waals surface area (Å²) in [4.78, 5) is 11.0. The smallest absolute Gasteiger partial charge is 0.310 e. The summed E-state index contributed by atoms with van der Waals surface area (Å²) in [7, 11) is 1.42. The third-order valence-electron chi connectivity index (χ3n) is 1.93. The van der Waals surface area contributed by atoms with E-state index in [0.29, 0.717) is 6.54 Å². The summed E-state index contributed by atoms with van der Waals surface area (Å²) in [5.74, 6) is -0.101. The first-order chi connectivity index (χ1) is 5.24. The van der Waals surface area contributed by atoms with E-state index in [-0.39, 0.29) is 11.9 Å². The summed E-state index contributed by atoms with van der Waals surface area (Å²) in [6, 6.07) is 0. The number of esters is 1. The van der Waals surface area contributed by atoms with Gasteiger partial charge in [-0.15, -0.1) is 0 Å². The van der Waals surface area contributed by atoms with E-state index in [2.05, 4.69) is 16.6 Å². The summed E-state index contributed by atoms with van der Waals surface area (Å²) < 4.78 is 4.62. The zero-order valence-electron chi connectivity index (χ0n) is 6.72. The molecular formula is C8H13NO2. The van der Waals surface area contributed by atoms with Gasteiger partial charge >= 0.3 is 5.97 Å². The second-order valence-corrected chi connectivity index (χ2v) is 2.74. The fourth-order valence-corrected chi connectivity index (χ4v) is 1.17. The molecule has 3 nitrogen and oxygen atoms in total. The van der Waals surface area contributed by atoms with E-state index < -0.39 is 0 Å². The molecule has 1 rings (SSSR count). The molecule has 0 amide bonds. The van der Waals surface area contributed by atoms with Crippen LogP contribution in [0.15, 0.2) is 12.3 Å². The molecule has 1 aliphatic rings. The molecule has 62 valence electrons. The molecule has 1 heterocycles. The highest BCUT2D eigenvalue weighted by molar-refractivity contribution is 5.72. The average molecular weight is 155 g/mol. The predicted octanol–water partition coefficient (Wildman–Crippen LogP) is 0.673. The molecule has 0 aliphatic carbocycles. The Morgan fingerprint density at radius 1 is 1.82 bits per heavy atom. The Kier molecular flexibility index (Phi) is 2.52. The standard InChI is InChI=1S/C8H13NO2/c1-6-3-4-7(5-9-6)8(10)11-2/h7,9H,1,3-5H2,2H3/t7-/m1/s1. The third-order valence-corrected chi connectivity index (χ3v) is 1.93. The third kappa shape index (κ3) is 1.97. The van der Waals surface area contributed by atoms with Crippen molar-refractivity contribution in [3.05, 3.63) is 12.3 Å². The van der Waals surface area contributed by atoms with Crippen molar-refractivity contribution in [1.82, 2.24) is 5.32 Å². The molecule has 3 heteroatoms. The van der Waals surface area contributed by atoms with Crippen LogP contribution in [0.4, 0.5) is 0 Å². The van der Waals surface area contributed by atoms with Crippen molar-refractivity contribution in [2.75, 3.05) is 13.7 Å². The lowest BCUT2D eigenvalue weighted by atomic mass is 9.98. The van der Waals surface area contributed by atoms with E-state index in [0.717, 1.165) is 18.5 Å². The Morgan fingerprint density at radius 3 is 3.00 bits per heavy atom. The van der Waals surface area contributed by atoms with Gasteiger partial charge in [0.05, 0.1) is 13.0 Å². The Hall–Kier alpha value is -0.990. The first-order valence-corrected chi connectivity index (χ1v) is 3.73. The SMILES string of the molecule is C=C1CC[C@@H](C(=O)OC)CN1. The van der Waals surface area contributed by atoms with Crippen LogP contribution < -0.4 is 5.32 Å². The summed E-state index contributed by atoms with van der Waals surface area (Å²) >= 11 is 0. The first-order valence-electron chi connectivity index (χ1n) is 3.73. The maximum absolute atomic E-state index is 11.0. The number of methoxy groups -OCH3 is 1. The van der Waals surface area contributed by atoms with Crippen molar-refractivity contribution in [3.8, 4) is 0 Å².